The first kappa shape index (κ1) is 18.5. The third-order valence-corrected chi connectivity index (χ3v) is 5.04. The van der Waals surface area contributed by atoms with E-state index in [2.05, 4.69) is 23.6 Å². The van der Waals surface area contributed by atoms with Gasteiger partial charge in [0.1, 0.15) is 12.4 Å². The normalized spacial score (nSPS) is 17.4. The minimum Gasteiger partial charge on any atom is -0.492 e. The van der Waals surface area contributed by atoms with Gasteiger partial charge >= 0.3 is 0 Å². The summed E-state index contributed by atoms with van der Waals surface area (Å²) in [5, 5.41) is 11.2. The van der Waals surface area contributed by atoms with Crippen LogP contribution in [0.15, 0.2) is 24.3 Å². The molecule has 0 saturated carbocycles. The van der Waals surface area contributed by atoms with E-state index in [-0.39, 0.29) is 0 Å². The monoisotopic (exact) mass is 340 g/mol. The molecule has 2 rings (SSSR count). The van der Waals surface area contributed by atoms with Crippen LogP contribution in [0.2, 0.25) is 5.02 Å². The molecule has 23 heavy (non-hydrogen) atoms. The Bertz CT molecular complexity index is 455. The SMILES string of the molecule is CCC(O)(CC)CN1CCN(CCOc2ccc(Cl)cc2)CC1. The van der Waals surface area contributed by atoms with E-state index in [1.165, 1.54) is 0 Å². The lowest BCUT2D eigenvalue weighted by molar-refractivity contribution is -0.0162. The Kier molecular flexibility index (Phi) is 7.15. The van der Waals surface area contributed by atoms with Crippen LogP contribution in [-0.2, 0) is 0 Å². The Labute approximate surface area is 145 Å². The van der Waals surface area contributed by atoms with Gasteiger partial charge in [-0.3, -0.25) is 9.80 Å². The number of hydrogen-bond acceptors (Lipinski definition) is 4. The van der Waals surface area contributed by atoms with Crippen molar-refractivity contribution < 1.29 is 9.84 Å². The molecule has 0 atom stereocenters. The molecule has 0 radical (unpaired) electrons. The van der Waals surface area contributed by atoms with Gasteiger partial charge in [-0.25, -0.2) is 0 Å². The minimum absolute atomic E-state index is 0.528. The molecular formula is C18H29ClN2O2. The molecule has 1 saturated heterocycles. The summed E-state index contributed by atoms with van der Waals surface area (Å²) in [5.41, 5.74) is -0.528. The Morgan fingerprint density at radius 2 is 1.61 bits per heavy atom. The highest BCUT2D eigenvalue weighted by atomic mass is 35.5. The Morgan fingerprint density at radius 1 is 1.04 bits per heavy atom. The Balaban J connectivity index is 1.65. The number of piperazine rings is 1. The number of aliphatic hydroxyl groups is 1. The highest BCUT2D eigenvalue weighted by Gasteiger charge is 2.27. The molecular weight excluding hydrogens is 312 g/mol. The van der Waals surface area contributed by atoms with Gasteiger partial charge in [-0.2, -0.15) is 0 Å². The zero-order chi connectivity index (χ0) is 16.7. The van der Waals surface area contributed by atoms with Crippen LogP contribution in [0, 0.1) is 0 Å². The average molecular weight is 341 g/mol. The maximum Gasteiger partial charge on any atom is 0.119 e. The molecule has 0 unspecified atom stereocenters. The summed E-state index contributed by atoms with van der Waals surface area (Å²) in [5.74, 6) is 0.865. The second-order valence-corrected chi connectivity index (χ2v) is 6.79. The van der Waals surface area contributed by atoms with Crippen molar-refractivity contribution in [1.82, 2.24) is 9.80 Å². The molecule has 1 aliphatic heterocycles. The van der Waals surface area contributed by atoms with Gasteiger partial charge in [-0.05, 0) is 37.1 Å². The quantitative estimate of drug-likeness (QED) is 0.789. The summed E-state index contributed by atoms with van der Waals surface area (Å²) in [6.45, 7) is 10.6. The first-order valence-corrected chi connectivity index (χ1v) is 8.98. The number of β-amino-alcohol motifs (C(OH)–C–C–N with tert-alkyl or cyclic N) is 1. The topological polar surface area (TPSA) is 35.9 Å². The number of halogens is 1. The number of hydrogen-bond donors (Lipinski definition) is 1. The zero-order valence-corrected chi connectivity index (χ0v) is 15.1. The van der Waals surface area contributed by atoms with Crippen molar-refractivity contribution >= 4 is 11.6 Å². The number of benzene rings is 1. The van der Waals surface area contributed by atoms with Crippen molar-refractivity contribution in [2.24, 2.45) is 0 Å². The third-order valence-electron chi connectivity index (χ3n) is 4.79. The standard InChI is InChI=1S/C18H29ClN2O2/c1-3-18(22,4-2)15-21-11-9-20(10-12-21)13-14-23-17-7-5-16(19)6-8-17/h5-8,22H,3-4,9-15H2,1-2H3. The first-order chi connectivity index (χ1) is 11.0. The molecule has 1 aromatic rings. The molecule has 1 fully saturated rings. The van der Waals surface area contributed by atoms with E-state index in [0.717, 1.165) is 62.9 Å². The number of ether oxygens (including phenoxy) is 1. The summed E-state index contributed by atoms with van der Waals surface area (Å²) in [7, 11) is 0. The average Bonchev–Trinajstić information content (AvgIpc) is 2.58. The van der Waals surface area contributed by atoms with E-state index in [9.17, 15) is 5.11 Å². The number of nitrogens with zero attached hydrogens (tertiary/aromatic N) is 2. The van der Waals surface area contributed by atoms with Crippen molar-refractivity contribution in [2.75, 3.05) is 45.9 Å². The van der Waals surface area contributed by atoms with E-state index in [4.69, 9.17) is 16.3 Å². The summed E-state index contributed by atoms with van der Waals surface area (Å²) in [6, 6.07) is 7.49. The Hall–Kier alpha value is -0.810. The van der Waals surface area contributed by atoms with Gasteiger partial charge < -0.3 is 9.84 Å². The lowest BCUT2D eigenvalue weighted by atomic mass is 9.96. The molecule has 1 N–H and O–H groups in total. The van der Waals surface area contributed by atoms with Crippen LogP contribution in [0.3, 0.4) is 0 Å². The highest BCUT2D eigenvalue weighted by molar-refractivity contribution is 6.30. The zero-order valence-electron chi connectivity index (χ0n) is 14.3. The Morgan fingerprint density at radius 3 is 2.17 bits per heavy atom. The second kappa shape index (κ2) is 8.88. The largest absolute Gasteiger partial charge is 0.492 e. The summed E-state index contributed by atoms with van der Waals surface area (Å²) in [6.07, 6.45) is 1.64. The van der Waals surface area contributed by atoms with Crippen molar-refractivity contribution in [3.63, 3.8) is 0 Å². The molecule has 0 aliphatic carbocycles. The summed E-state index contributed by atoms with van der Waals surface area (Å²) >= 11 is 5.86. The van der Waals surface area contributed by atoms with Crippen LogP contribution in [0.1, 0.15) is 26.7 Å². The van der Waals surface area contributed by atoms with Crippen LogP contribution in [0.5, 0.6) is 5.75 Å². The van der Waals surface area contributed by atoms with Crippen LogP contribution >= 0.6 is 11.6 Å². The molecule has 1 heterocycles. The lowest BCUT2D eigenvalue weighted by Crippen LogP contribution is -2.52. The molecule has 1 aromatic carbocycles. The second-order valence-electron chi connectivity index (χ2n) is 6.35. The van der Waals surface area contributed by atoms with E-state index < -0.39 is 5.60 Å². The fourth-order valence-corrected chi connectivity index (χ4v) is 3.01. The summed E-state index contributed by atoms with van der Waals surface area (Å²) in [4.78, 5) is 4.80. The van der Waals surface area contributed by atoms with Gasteiger partial charge in [0.15, 0.2) is 0 Å². The van der Waals surface area contributed by atoms with Crippen molar-refractivity contribution in [3.8, 4) is 5.75 Å². The summed E-state index contributed by atoms with van der Waals surface area (Å²) < 4.78 is 5.75. The molecule has 0 amide bonds. The molecule has 0 aromatic heterocycles. The highest BCUT2D eigenvalue weighted by Crippen LogP contribution is 2.18. The lowest BCUT2D eigenvalue weighted by Gasteiger charge is -2.39. The van der Waals surface area contributed by atoms with Gasteiger partial charge in [0.2, 0.25) is 0 Å². The smallest absolute Gasteiger partial charge is 0.119 e. The molecule has 0 spiro atoms. The maximum absolute atomic E-state index is 10.4. The van der Waals surface area contributed by atoms with Crippen LogP contribution in [0.4, 0.5) is 0 Å². The first-order valence-electron chi connectivity index (χ1n) is 8.60. The van der Waals surface area contributed by atoms with Gasteiger partial charge in [0.25, 0.3) is 0 Å². The molecule has 4 nitrogen and oxygen atoms in total. The fourth-order valence-electron chi connectivity index (χ4n) is 2.88. The van der Waals surface area contributed by atoms with E-state index in [0.29, 0.717) is 6.61 Å². The van der Waals surface area contributed by atoms with Crippen LogP contribution in [0.25, 0.3) is 0 Å². The van der Waals surface area contributed by atoms with Gasteiger partial charge in [-0.1, -0.05) is 25.4 Å². The van der Waals surface area contributed by atoms with Crippen LogP contribution < -0.4 is 4.74 Å². The van der Waals surface area contributed by atoms with E-state index >= 15 is 0 Å². The maximum atomic E-state index is 10.4. The van der Waals surface area contributed by atoms with Crippen LogP contribution in [-0.4, -0.2) is 66.4 Å². The molecule has 1 aliphatic rings. The van der Waals surface area contributed by atoms with E-state index in [1.54, 1.807) is 0 Å². The third kappa shape index (κ3) is 5.96. The van der Waals surface area contributed by atoms with Crippen molar-refractivity contribution in [3.05, 3.63) is 29.3 Å². The minimum atomic E-state index is -0.528. The number of rotatable bonds is 8. The van der Waals surface area contributed by atoms with E-state index in [1.807, 2.05) is 24.3 Å². The van der Waals surface area contributed by atoms with Gasteiger partial charge in [0, 0.05) is 44.3 Å². The van der Waals surface area contributed by atoms with Crippen molar-refractivity contribution in [2.45, 2.75) is 32.3 Å². The predicted molar refractivity (Wildman–Crippen MR) is 95.4 cm³/mol. The van der Waals surface area contributed by atoms with Gasteiger partial charge in [-0.15, -0.1) is 0 Å². The molecule has 130 valence electrons. The molecule has 0 bridgehead atoms. The fraction of sp³-hybridized carbons (Fsp3) is 0.667. The van der Waals surface area contributed by atoms with Gasteiger partial charge in [0.05, 0.1) is 5.60 Å². The predicted octanol–water partition coefficient (Wildman–Crippen LogP) is 2.89. The van der Waals surface area contributed by atoms with Crippen molar-refractivity contribution in [1.29, 1.82) is 0 Å². The molecule has 5 heteroatoms.